The van der Waals surface area contributed by atoms with Gasteiger partial charge in [-0.1, -0.05) is 28.1 Å². The van der Waals surface area contributed by atoms with Gasteiger partial charge in [0.25, 0.3) is 0 Å². The molecule has 0 aliphatic heterocycles. The molecule has 2 N–H and O–H groups in total. The molecule has 6 heteroatoms. The fourth-order valence-electron chi connectivity index (χ4n) is 1.07. The SMILES string of the molecule is CC(C)(NC(=O)OCc1ccc(Br)cc1)C(=O)O. The van der Waals surface area contributed by atoms with E-state index in [1.165, 1.54) is 13.8 Å². The molecule has 0 fully saturated rings. The van der Waals surface area contributed by atoms with Crippen LogP contribution in [0, 0.1) is 0 Å². The molecule has 0 saturated carbocycles. The van der Waals surface area contributed by atoms with Gasteiger partial charge in [-0.3, -0.25) is 0 Å². The van der Waals surface area contributed by atoms with Crippen LogP contribution in [-0.4, -0.2) is 22.7 Å². The number of carbonyl (C=O) groups excluding carboxylic acids is 1. The van der Waals surface area contributed by atoms with Crippen LogP contribution in [0.4, 0.5) is 4.79 Å². The standard InChI is InChI=1S/C12H14BrNO4/c1-12(2,10(15)16)14-11(17)18-7-8-3-5-9(13)6-4-8/h3-6H,7H2,1-2H3,(H,14,17)(H,15,16). The van der Waals surface area contributed by atoms with E-state index in [1.54, 1.807) is 12.1 Å². The molecular weight excluding hydrogens is 302 g/mol. The second-order valence-electron chi connectivity index (χ2n) is 4.26. The quantitative estimate of drug-likeness (QED) is 0.895. The number of benzene rings is 1. The van der Waals surface area contributed by atoms with E-state index in [1.807, 2.05) is 12.1 Å². The molecule has 1 aromatic rings. The minimum Gasteiger partial charge on any atom is -0.480 e. The number of carboxylic acid groups (broad SMARTS) is 1. The first-order valence-corrected chi connectivity index (χ1v) is 6.03. The number of ether oxygens (including phenoxy) is 1. The first kappa shape index (κ1) is 14.5. The summed E-state index contributed by atoms with van der Waals surface area (Å²) in [4.78, 5) is 22.2. The normalized spacial score (nSPS) is 10.8. The lowest BCUT2D eigenvalue weighted by Gasteiger charge is -2.20. The van der Waals surface area contributed by atoms with E-state index in [9.17, 15) is 9.59 Å². The molecule has 5 nitrogen and oxygen atoms in total. The molecule has 0 heterocycles. The van der Waals surface area contributed by atoms with Gasteiger partial charge in [-0.25, -0.2) is 9.59 Å². The number of nitrogens with one attached hydrogen (secondary N) is 1. The van der Waals surface area contributed by atoms with Gasteiger partial charge in [-0.15, -0.1) is 0 Å². The molecule has 0 bridgehead atoms. The Morgan fingerprint density at radius 3 is 2.39 bits per heavy atom. The van der Waals surface area contributed by atoms with Crippen molar-refractivity contribution in [2.75, 3.05) is 0 Å². The molecule has 0 radical (unpaired) electrons. The van der Waals surface area contributed by atoms with Gasteiger partial charge < -0.3 is 15.2 Å². The molecule has 0 aliphatic carbocycles. The van der Waals surface area contributed by atoms with Crippen LogP contribution in [0.1, 0.15) is 19.4 Å². The number of alkyl carbamates (subject to hydrolysis) is 1. The number of aliphatic carboxylic acids is 1. The number of carbonyl (C=O) groups is 2. The lowest BCUT2D eigenvalue weighted by atomic mass is 10.1. The Bertz CT molecular complexity index is 442. The van der Waals surface area contributed by atoms with Crippen molar-refractivity contribution in [2.45, 2.75) is 26.0 Å². The van der Waals surface area contributed by atoms with Crippen LogP contribution >= 0.6 is 15.9 Å². The molecule has 0 spiro atoms. The molecule has 98 valence electrons. The highest BCUT2D eigenvalue weighted by Gasteiger charge is 2.29. The molecular formula is C12H14BrNO4. The summed E-state index contributed by atoms with van der Waals surface area (Å²) in [6.07, 6.45) is -0.759. The van der Waals surface area contributed by atoms with Crippen molar-refractivity contribution >= 4 is 28.0 Å². The predicted octanol–water partition coefficient (Wildman–Crippen LogP) is 2.54. The van der Waals surface area contributed by atoms with E-state index in [2.05, 4.69) is 21.2 Å². The van der Waals surface area contributed by atoms with Gasteiger partial charge in [0.05, 0.1) is 0 Å². The molecule has 0 atom stereocenters. The predicted molar refractivity (Wildman–Crippen MR) is 69.2 cm³/mol. The van der Waals surface area contributed by atoms with Crippen molar-refractivity contribution in [3.8, 4) is 0 Å². The Balaban J connectivity index is 2.47. The van der Waals surface area contributed by atoms with Gasteiger partial charge in [0.2, 0.25) is 0 Å². The second-order valence-corrected chi connectivity index (χ2v) is 5.17. The fraction of sp³-hybridized carbons (Fsp3) is 0.333. The first-order chi connectivity index (χ1) is 8.31. The van der Waals surface area contributed by atoms with Crippen molar-refractivity contribution in [3.63, 3.8) is 0 Å². The Kier molecular flexibility index (Phi) is 4.72. The van der Waals surface area contributed by atoms with E-state index >= 15 is 0 Å². The summed E-state index contributed by atoms with van der Waals surface area (Å²) in [6.45, 7) is 2.86. The summed E-state index contributed by atoms with van der Waals surface area (Å²) in [5, 5.41) is 11.1. The number of hydrogen-bond acceptors (Lipinski definition) is 3. The van der Waals surface area contributed by atoms with E-state index in [-0.39, 0.29) is 6.61 Å². The molecule has 0 saturated heterocycles. The minimum absolute atomic E-state index is 0.0921. The number of halogens is 1. The molecule has 0 unspecified atom stereocenters. The molecule has 1 aromatic carbocycles. The number of carboxylic acids is 1. The van der Waals surface area contributed by atoms with Crippen molar-refractivity contribution in [1.82, 2.24) is 5.32 Å². The van der Waals surface area contributed by atoms with Crippen molar-refractivity contribution < 1.29 is 19.4 Å². The van der Waals surface area contributed by atoms with Crippen LogP contribution in [0.3, 0.4) is 0 Å². The monoisotopic (exact) mass is 315 g/mol. The van der Waals surface area contributed by atoms with Gasteiger partial charge in [-0.2, -0.15) is 0 Å². The first-order valence-electron chi connectivity index (χ1n) is 5.24. The molecule has 18 heavy (non-hydrogen) atoms. The maximum atomic E-state index is 11.4. The fourth-order valence-corrected chi connectivity index (χ4v) is 1.34. The van der Waals surface area contributed by atoms with E-state index < -0.39 is 17.6 Å². The lowest BCUT2D eigenvalue weighted by molar-refractivity contribution is -0.143. The van der Waals surface area contributed by atoms with Crippen LogP contribution in [0.15, 0.2) is 28.7 Å². The zero-order valence-electron chi connectivity index (χ0n) is 10.1. The van der Waals surface area contributed by atoms with E-state index in [0.717, 1.165) is 10.0 Å². The van der Waals surface area contributed by atoms with Crippen molar-refractivity contribution in [2.24, 2.45) is 0 Å². The summed E-state index contributed by atoms with van der Waals surface area (Å²) in [7, 11) is 0. The summed E-state index contributed by atoms with van der Waals surface area (Å²) in [6, 6.07) is 7.27. The van der Waals surface area contributed by atoms with Crippen molar-refractivity contribution in [1.29, 1.82) is 0 Å². The Morgan fingerprint density at radius 1 is 1.33 bits per heavy atom. The minimum atomic E-state index is -1.35. The smallest absolute Gasteiger partial charge is 0.408 e. The van der Waals surface area contributed by atoms with Crippen LogP contribution in [0.25, 0.3) is 0 Å². The Hall–Kier alpha value is -1.56. The lowest BCUT2D eigenvalue weighted by Crippen LogP contribution is -2.49. The third-order valence-corrected chi connectivity index (χ3v) is 2.76. The Labute approximate surface area is 113 Å². The Morgan fingerprint density at radius 2 is 1.89 bits per heavy atom. The van der Waals surface area contributed by atoms with Gasteiger partial charge >= 0.3 is 12.1 Å². The second kappa shape index (κ2) is 5.86. The van der Waals surface area contributed by atoms with Gasteiger partial charge in [0, 0.05) is 4.47 Å². The zero-order chi connectivity index (χ0) is 13.8. The highest BCUT2D eigenvalue weighted by Crippen LogP contribution is 2.11. The summed E-state index contributed by atoms with van der Waals surface area (Å²) in [5.74, 6) is -1.12. The van der Waals surface area contributed by atoms with Gasteiger partial charge in [0.1, 0.15) is 12.1 Å². The van der Waals surface area contributed by atoms with E-state index in [0.29, 0.717) is 0 Å². The third kappa shape index (κ3) is 4.37. The van der Waals surface area contributed by atoms with Crippen LogP contribution < -0.4 is 5.32 Å². The van der Waals surface area contributed by atoms with Crippen LogP contribution in [0.5, 0.6) is 0 Å². The van der Waals surface area contributed by atoms with E-state index in [4.69, 9.17) is 9.84 Å². The zero-order valence-corrected chi connectivity index (χ0v) is 11.7. The summed E-state index contributed by atoms with van der Waals surface area (Å²) < 4.78 is 5.86. The molecule has 1 rings (SSSR count). The molecule has 1 amide bonds. The maximum absolute atomic E-state index is 11.4. The number of hydrogen-bond donors (Lipinski definition) is 2. The average molecular weight is 316 g/mol. The highest BCUT2D eigenvalue weighted by atomic mass is 79.9. The number of amides is 1. The number of rotatable bonds is 4. The van der Waals surface area contributed by atoms with Gasteiger partial charge in [0.15, 0.2) is 0 Å². The molecule has 0 aliphatic rings. The topological polar surface area (TPSA) is 75.6 Å². The maximum Gasteiger partial charge on any atom is 0.408 e. The average Bonchev–Trinajstić information content (AvgIpc) is 2.27. The summed E-state index contributed by atoms with van der Waals surface area (Å²) in [5.41, 5.74) is -0.530. The largest absolute Gasteiger partial charge is 0.480 e. The summed E-state index contributed by atoms with van der Waals surface area (Å²) >= 11 is 3.30. The highest BCUT2D eigenvalue weighted by molar-refractivity contribution is 9.10. The van der Waals surface area contributed by atoms with Crippen LogP contribution in [0.2, 0.25) is 0 Å². The van der Waals surface area contributed by atoms with Gasteiger partial charge in [-0.05, 0) is 31.5 Å². The van der Waals surface area contributed by atoms with Crippen molar-refractivity contribution in [3.05, 3.63) is 34.3 Å². The molecule has 0 aromatic heterocycles. The van der Waals surface area contributed by atoms with Crippen LogP contribution in [-0.2, 0) is 16.1 Å². The third-order valence-electron chi connectivity index (χ3n) is 2.23.